The molecule has 0 bridgehead atoms. The lowest BCUT2D eigenvalue weighted by Gasteiger charge is -2.36. The number of rotatable bonds is 4. The van der Waals surface area contributed by atoms with E-state index in [-0.39, 0.29) is 0 Å². The van der Waals surface area contributed by atoms with Crippen LogP contribution < -0.4 is 5.32 Å². The van der Waals surface area contributed by atoms with Crippen molar-refractivity contribution in [2.45, 2.75) is 33.2 Å². The monoisotopic (exact) mass is 230 g/mol. The smallest absolute Gasteiger partial charge is 0.0221 e. The average molecular weight is 231 g/mol. The highest BCUT2D eigenvalue weighted by atomic mass is 35.5. The predicted molar refractivity (Wildman–Crippen MR) is 67.3 cm³/mol. The lowest BCUT2D eigenvalue weighted by molar-refractivity contribution is 0.180. The van der Waals surface area contributed by atoms with Gasteiger partial charge in [-0.1, -0.05) is 31.9 Å². The lowest BCUT2D eigenvalue weighted by atomic mass is 9.97. The summed E-state index contributed by atoms with van der Waals surface area (Å²) in [6.07, 6.45) is 1.25. The Kier molecular flexibility index (Phi) is 5.65. The molecule has 2 atom stereocenters. The van der Waals surface area contributed by atoms with E-state index >= 15 is 0 Å². The van der Waals surface area contributed by atoms with Gasteiger partial charge >= 0.3 is 0 Å². The maximum Gasteiger partial charge on any atom is 0.0221 e. The van der Waals surface area contributed by atoms with Crippen molar-refractivity contribution in [2.75, 3.05) is 26.2 Å². The number of piperazine rings is 1. The minimum absolute atomic E-state index is 0.645. The van der Waals surface area contributed by atoms with Crippen molar-refractivity contribution in [3.8, 4) is 0 Å². The van der Waals surface area contributed by atoms with E-state index in [9.17, 15) is 0 Å². The molecule has 0 saturated carbocycles. The maximum absolute atomic E-state index is 5.69. The summed E-state index contributed by atoms with van der Waals surface area (Å²) in [6, 6.07) is 0.645. The molecule has 0 aliphatic carbocycles. The first-order chi connectivity index (χ1) is 7.17. The quantitative estimate of drug-likeness (QED) is 0.798. The van der Waals surface area contributed by atoms with Gasteiger partial charge in [0.25, 0.3) is 0 Å². The number of nitrogens with one attached hydrogen (secondary N) is 1. The van der Waals surface area contributed by atoms with Gasteiger partial charge in [-0.15, -0.1) is 0 Å². The molecule has 0 aromatic heterocycles. The molecule has 3 heteroatoms. The Morgan fingerprint density at radius 2 is 2.40 bits per heavy atom. The van der Waals surface area contributed by atoms with Crippen LogP contribution in [0.15, 0.2) is 11.1 Å². The van der Waals surface area contributed by atoms with Gasteiger partial charge in [-0.25, -0.2) is 0 Å². The van der Waals surface area contributed by atoms with Crippen LogP contribution in [0.2, 0.25) is 0 Å². The largest absolute Gasteiger partial charge is 0.311 e. The maximum atomic E-state index is 5.69. The Morgan fingerprint density at radius 1 is 1.67 bits per heavy atom. The molecule has 0 amide bonds. The first-order valence-electron chi connectivity index (χ1n) is 5.89. The van der Waals surface area contributed by atoms with Crippen molar-refractivity contribution in [1.82, 2.24) is 10.2 Å². The average Bonchev–Trinajstić information content (AvgIpc) is 2.28. The van der Waals surface area contributed by atoms with Gasteiger partial charge in [0.05, 0.1) is 0 Å². The van der Waals surface area contributed by atoms with Crippen LogP contribution in [-0.2, 0) is 0 Å². The first kappa shape index (κ1) is 13.0. The fourth-order valence-corrected chi connectivity index (χ4v) is 2.11. The minimum atomic E-state index is 0.645. The van der Waals surface area contributed by atoms with Crippen LogP contribution >= 0.6 is 11.6 Å². The Labute approximate surface area is 98.7 Å². The topological polar surface area (TPSA) is 15.3 Å². The van der Waals surface area contributed by atoms with Crippen LogP contribution in [0.5, 0.6) is 0 Å². The molecular weight excluding hydrogens is 208 g/mol. The Hall–Kier alpha value is -0.0500. The second-order valence-corrected chi connectivity index (χ2v) is 4.85. The van der Waals surface area contributed by atoms with Crippen LogP contribution in [0.25, 0.3) is 0 Å². The molecule has 1 heterocycles. The summed E-state index contributed by atoms with van der Waals surface area (Å²) < 4.78 is 0. The van der Waals surface area contributed by atoms with E-state index < -0.39 is 0 Å². The summed E-state index contributed by atoms with van der Waals surface area (Å²) in [7, 11) is 0. The molecule has 1 aliphatic heterocycles. The third-order valence-corrected chi connectivity index (χ3v) is 3.65. The fourth-order valence-electron chi connectivity index (χ4n) is 2.04. The van der Waals surface area contributed by atoms with E-state index in [1.807, 2.05) is 0 Å². The molecular formula is C12H23ClN2. The van der Waals surface area contributed by atoms with Gasteiger partial charge in [-0.3, -0.25) is 4.90 Å². The van der Waals surface area contributed by atoms with Gasteiger partial charge in [0, 0.05) is 37.8 Å². The van der Waals surface area contributed by atoms with E-state index in [1.165, 1.54) is 12.0 Å². The Balaban J connectivity index is 2.42. The third-order valence-electron chi connectivity index (χ3n) is 3.28. The summed E-state index contributed by atoms with van der Waals surface area (Å²) >= 11 is 5.69. The second-order valence-electron chi connectivity index (χ2n) is 4.64. The summed E-state index contributed by atoms with van der Waals surface area (Å²) in [5, 5.41) is 3.60. The number of nitrogens with zero attached hydrogens (tertiary/aromatic N) is 1. The molecule has 15 heavy (non-hydrogen) atoms. The standard InChI is InChI=1S/C12H23ClN2/c1-4-11(3)12-9-15(6-5-14-12)8-10(2)7-13/h7,11-12,14H,4-6,8-9H2,1-3H3. The first-order valence-corrected chi connectivity index (χ1v) is 6.32. The second kappa shape index (κ2) is 6.51. The molecule has 1 fully saturated rings. The van der Waals surface area contributed by atoms with E-state index in [4.69, 9.17) is 11.6 Å². The van der Waals surface area contributed by atoms with Crippen molar-refractivity contribution in [3.63, 3.8) is 0 Å². The molecule has 1 aliphatic rings. The molecule has 2 nitrogen and oxygen atoms in total. The number of halogens is 1. The van der Waals surface area contributed by atoms with Crippen molar-refractivity contribution in [2.24, 2.45) is 5.92 Å². The van der Waals surface area contributed by atoms with Crippen LogP contribution in [0, 0.1) is 5.92 Å². The summed E-state index contributed by atoms with van der Waals surface area (Å²) in [5.41, 5.74) is 2.95. The SMILES string of the molecule is CCC(C)C1CN(CC(C)=CCl)CCN1. The van der Waals surface area contributed by atoms with E-state index in [0.717, 1.165) is 32.1 Å². The molecule has 1 saturated heterocycles. The van der Waals surface area contributed by atoms with Gasteiger partial charge in [-0.2, -0.15) is 0 Å². The summed E-state index contributed by atoms with van der Waals surface area (Å²) in [4.78, 5) is 2.49. The van der Waals surface area contributed by atoms with Crippen LogP contribution in [0.3, 0.4) is 0 Å². The summed E-state index contributed by atoms with van der Waals surface area (Å²) in [5.74, 6) is 0.757. The number of hydrogen-bond donors (Lipinski definition) is 1. The zero-order valence-electron chi connectivity index (χ0n) is 10.1. The zero-order valence-corrected chi connectivity index (χ0v) is 10.8. The van der Waals surface area contributed by atoms with Gasteiger partial charge in [0.2, 0.25) is 0 Å². The van der Waals surface area contributed by atoms with Gasteiger partial charge in [0.15, 0.2) is 0 Å². The van der Waals surface area contributed by atoms with E-state index in [1.54, 1.807) is 5.54 Å². The van der Waals surface area contributed by atoms with Crippen molar-refractivity contribution < 1.29 is 0 Å². The zero-order chi connectivity index (χ0) is 11.3. The van der Waals surface area contributed by atoms with Crippen molar-refractivity contribution in [3.05, 3.63) is 11.1 Å². The lowest BCUT2D eigenvalue weighted by Crippen LogP contribution is -2.53. The van der Waals surface area contributed by atoms with Crippen LogP contribution in [-0.4, -0.2) is 37.1 Å². The van der Waals surface area contributed by atoms with E-state index in [2.05, 4.69) is 31.0 Å². The van der Waals surface area contributed by atoms with Gasteiger partial charge in [0.1, 0.15) is 0 Å². The molecule has 2 unspecified atom stereocenters. The normalized spacial score (nSPS) is 26.7. The third kappa shape index (κ3) is 4.13. The highest BCUT2D eigenvalue weighted by Gasteiger charge is 2.22. The minimum Gasteiger partial charge on any atom is -0.311 e. The molecule has 0 aromatic carbocycles. The Bertz CT molecular complexity index is 216. The van der Waals surface area contributed by atoms with Gasteiger partial charge in [-0.05, 0) is 18.4 Å². The van der Waals surface area contributed by atoms with Crippen LogP contribution in [0.4, 0.5) is 0 Å². The highest BCUT2D eigenvalue weighted by Crippen LogP contribution is 2.13. The molecule has 0 radical (unpaired) electrons. The molecule has 0 aromatic rings. The number of hydrogen-bond acceptors (Lipinski definition) is 2. The molecule has 1 rings (SSSR count). The highest BCUT2D eigenvalue weighted by molar-refractivity contribution is 6.25. The predicted octanol–water partition coefficient (Wildman–Crippen LogP) is 2.45. The van der Waals surface area contributed by atoms with Crippen molar-refractivity contribution >= 4 is 11.6 Å². The van der Waals surface area contributed by atoms with Crippen LogP contribution in [0.1, 0.15) is 27.2 Å². The Morgan fingerprint density at radius 3 is 3.00 bits per heavy atom. The molecule has 0 spiro atoms. The fraction of sp³-hybridized carbons (Fsp3) is 0.833. The van der Waals surface area contributed by atoms with Crippen molar-refractivity contribution in [1.29, 1.82) is 0 Å². The van der Waals surface area contributed by atoms with E-state index in [0.29, 0.717) is 6.04 Å². The summed E-state index contributed by atoms with van der Waals surface area (Å²) in [6.45, 7) is 11.1. The molecule has 1 N–H and O–H groups in total. The molecule has 88 valence electrons. The van der Waals surface area contributed by atoms with Gasteiger partial charge < -0.3 is 5.32 Å².